The van der Waals surface area contributed by atoms with Gasteiger partial charge in [-0.2, -0.15) is 0 Å². The molecular weight excluding hydrogens is 340 g/mol. The van der Waals surface area contributed by atoms with Crippen LogP contribution in [-0.2, 0) is 18.5 Å². The lowest BCUT2D eigenvalue weighted by Crippen LogP contribution is -3.21. The second kappa shape index (κ2) is 7.08. The van der Waals surface area contributed by atoms with Crippen molar-refractivity contribution >= 4 is 10.9 Å². The number of piperidine rings is 1. The van der Waals surface area contributed by atoms with Crippen LogP contribution in [0, 0.1) is 5.92 Å². The van der Waals surface area contributed by atoms with Gasteiger partial charge in [-0.15, -0.1) is 0 Å². The molecule has 1 unspecified atom stereocenters. The van der Waals surface area contributed by atoms with E-state index in [1.165, 1.54) is 61.7 Å². The second-order valence-electron chi connectivity index (χ2n) is 9.25. The first-order valence-electron chi connectivity index (χ1n) is 11.2. The fraction of sp³-hybridized carbons (Fsp3) is 0.462. The Morgan fingerprint density at radius 1 is 1.07 bits per heavy atom. The fourth-order valence-electron chi connectivity index (χ4n) is 6.13. The van der Waals surface area contributed by atoms with Crippen molar-refractivity contribution in [1.29, 1.82) is 0 Å². The molecule has 3 heterocycles. The maximum Gasteiger partial charge on any atom is 0.136 e. The summed E-state index contributed by atoms with van der Waals surface area (Å²) < 4.78 is 2.67. The van der Waals surface area contributed by atoms with Crippen molar-refractivity contribution in [3.8, 4) is 0 Å². The molecule has 5 rings (SSSR count). The van der Waals surface area contributed by atoms with E-state index in [2.05, 4.69) is 73.0 Å². The Morgan fingerprint density at radius 3 is 2.68 bits per heavy atom. The molecule has 2 aliphatic heterocycles. The van der Waals surface area contributed by atoms with Gasteiger partial charge in [-0.05, 0) is 37.0 Å². The highest BCUT2D eigenvalue weighted by molar-refractivity contribution is 5.86. The molecule has 2 heteroatoms. The Bertz CT molecular complexity index is 971. The smallest absolute Gasteiger partial charge is 0.136 e. The van der Waals surface area contributed by atoms with E-state index in [0.29, 0.717) is 0 Å². The summed E-state index contributed by atoms with van der Waals surface area (Å²) in [5, 5.41) is 1.49. The van der Waals surface area contributed by atoms with Gasteiger partial charge in [0, 0.05) is 36.2 Å². The minimum atomic E-state index is 0.256. The van der Waals surface area contributed by atoms with Crippen molar-refractivity contribution in [1.82, 2.24) is 4.57 Å². The average Bonchev–Trinajstić information content (AvgIpc) is 3.04. The zero-order chi connectivity index (χ0) is 19.1. The molecule has 1 fully saturated rings. The van der Waals surface area contributed by atoms with E-state index in [-0.39, 0.29) is 5.54 Å². The lowest BCUT2D eigenvalue weighted by Gasteiger charge is -2.48. The molecule has 146 valence electrons. The number of quaternary nitrogens is 1. The van der Waals surface area contributed by atoms with Crippen molar-refractivity contribution in [2.75, 3.05) is 13.1 Å². The highest BCUT2D eigenvalue weighted by Crippen LogP contribution is 2.39. The van der Waals surface area contributed by atoms with Crippen LogP contribution in [0.5, 0.6) is 0 Å². The van der Waals surface area contributed by atoms with Crippen LogP contribution in [0.15, 0.2) is 54.6 Å². The van der Waals surface area contributed by atoms with Gasteiger partial charge < -0.3 is 9.47 Å². The van der Waals surface area contributed by atoms with Crippen LogP contribution in [-0.4, -0.2) is 17.7 Å². The van der Waals surface area contributed by atoms with E-state index in [0.717, 1.165) is 12.5 Å². The van der Waals surface area contributed by atoms with Gasteiger partial charge in [0.2, 0.25) is 0 Å². The summed E-state index contributed by atoms with van der Waals surface area (Å²) in [4.78, 5) is 1.84. The molecule has 0 saturated carbocycles. The summed E-state index contributed by atoms with van der Waals surface area (Å²) in [5.74, 6) is 0.918. The molecule has 1 aromatic heterocycles. The molecule has 2 aliphatic rings. The Kier molecular flexibility index (Phi) is 4.55. The van der Waals surface area contributed by atoms with Crippen LogP contribution in [0.4, 0.5) is 0 Å². The van der Waals surface area contributed by atoms with Crippen molar-refractivity contribution in [3.63, 3.8) is 0 Å². The molecule has 0 bridgehead atoms. The molecule has 1 N–H and O–H groups in total. The van der Waals surface area contributed by atoms with Crippen LogP contribution < -0.4 is 4.90 Å². The predicted molar refractivity (Wildman–Crippen MR) is 117 cm³/mol. The van der Waals surface area contributed by atoms with Crippen LogP contribution in [0.1, 0.15) is 56.4 Å². The average molecular weight is 374 g/mol. The standard InChI is InChI=1S/C26H32N2/c1-3-9-20-14-16-26(2)25-23(15-17-27(26)18-20)22-12-7-8-13-24(22)28(25)19-21-10-5-4-6-11-21/h4-8,10-13,20H,3,9,14-19H2,1-2H3/p+1/t20-,26+/m1/s1. The summed E-state index contributed by atoms with van der Waals surface area (Å²) in [6, 6.07) is 20.1. The Morgan fingerprint density at radius 2 is 1.86 bits per heavy atom. The minimum absolute atomic E-state index is 0.256. The number of nitrogens with one attached hydrogen (secondary N) is 1. The van der Waals surface area contributed by atoms with E-state index in [4.69, 9.17) is 0 Å². The van der Waals surface area contributed by atoms with Crippen molar-refractivity contribution in [2.45, 2.75) is 58.0 Å². The van der Waals surface area contributed by atoms with Crippen molar-refractivity contribution in [2.24, 2.45) is 5.92 Å². The SMILES string of the molecule is CCC[C@@H]1CC[C@@]2(C)c3c(c4ccccc4n3Cc3ccccc3)CC[NH+]2C1. The van der Waals surface area contributed by atoms with Gasteiger partial charge in [-0.25, -0.2) is 0 Å². The van der Waals surface area contributed by atoms with Crippen LogP contribution in [0.3, 0.4) is 0 Å². The molecule has 3 atom stereocenters. The normalized spacial score (nSPS) is 26.8. The third-order valence-electron chi connectivity index (χ3n) is 7.52. The number of para-hydroxylation sites is 1. The van der Waals surface area contributed by atoms with Gasteiger partial charge in [-0.3, -0.25) is 0 Å². The van der Waals surface area contributed by atoms with Crippen molar-refractivity contribution in [3.05, 3.63) is 71.4 Å². The Balaban J connectivity index is 1.64. The lowest BCUT2D eigenvalue weighted by atomic mass is 9.76. The maximum atomic E-state index is 2.67. The lowest BCUT2D eigenvalue weighted by molar-refractivity contribution is -0.970. The van der Waals surface area contributed by atoms with Gasteiger partial charge in [0.1, 0.15) is 5.54 Å². The fourth-order valence-corrected chi connectivity index (χ4v) is 6.13. The molecule has 0 aliphatic carbocycles. The van der Waals surface area contributed by atoms with E-state index < -0.39 is 0 Å². The molecule has 2 nitrogen and oxygen atoms in total. The molecule has 2 aromatic carbocycles. The first-order chi connectivity index (χ1) is 13.7. The number of fused-ring (bicyclic) bond motifs is 5. The molecule has 0 amide bonds. The third kappa shape index (κ3) is 2.81. The zero-order valence-corrected chi connectivity index (χ0v) is 17.4. The molecule has 3 aromatic rings. The number of aromatic nitrogens is 1. The Hall–Kier alpha value is -2.06. The van der Waals surface area contributed by atoms with Crippen LogP contribution in [0.25, 0.3) is 10.9 Å². The summed E-state index contributed by atoms with van der Waals surface area (Å²) in [7, 11) is 0. The molecule has 1 saturated heterocycles. The van der Waals surface area contributed by atoms with E-state index in [1.54, 1.807) is 11.3 Å². The van der Waals surface area contributed by atoms with Crippen molar-refractivity contribution < 1.29 is 4.90 Å². The van der Waals surface area contributed by atoms with Crippen LogP contribution in [0.2, 0.25) is 0 Å². The van der Waals surface area contributed by atoms with Gasteiger partial charge in [-0.1, -0.05) is 61.9 Å². The third-order valence-corrected chi connectivity index (χ3v) is 7.52. The molecule has 0 radical (unpaired) electrons. The van der Waals surface area contributed by atoms with Crippen LogP contribution >= 0.6 is 0 Å². The van der Waals surface area contributed by atoms with Gasteiger partial charge in [0.05, 0.1) is 18.8 Å². The number of benzene rings is 2. The maximum absolute atomic E-state index is 2.67. The number of rotatable bonds is 4. The molecule has 0 spiro atoms. The van der Waals surface area contributed by atoms with E-state index in [9.17, 15) is 0 Å². The first-order valence-corrected chi connectivity index (χ1v) is 11.2. The van der Waals surface area contributed by atoms with Gasteiger partial charge >= 0.3 is 0 Å². The van der Waals surface area contributed by atoms with E-state index >= 15 is 0 Å². The second-order valence-corrected chi connectivity index (χ2v) is 9.25. The summed E-state index contributed by atoms with van der Waals surface area (Å²) in [5.41, 5.74) is 6.35. The summed E-state index contributed by atoms with van der Waals surface area (Å²) >= 11 is 0. The van der Waals surface area contributed by atoms with Gasteiger partial charge in [0.25, 0.3) is 0 Å². The summed E-state index contributed by atoms with van der Waals surface area (Å²) in [6.07, 6.45) is 6.67. The zero-order valence-electron chi connectivity index (χ0n) is 17.4. The number of hydrogen-bond acceptors (Lipinski definition) is 0. The first kappa shape index (κ1) is 18.0. The highest BCUT2D eigenvalue weighted by Gasteiger charge is 2.49. The number of hydrogen-bond donors (Lipinski definition) is 1. The minimum Gasteiger partial charge on any atom is -0.334 e. The Labute approximate surface area is 169 Å². The predicted octanol–water partition coefficient (Wildman–Crippen LogP) is 4.56. The van der Waals surface area contributed by atoms with Gasteiger partial charge in [0.15, 0.2) is 0 Å². The number of nitrogens with zero attached hydrogens (tertiary/aromatic N) is 1. The quantitative estimate of drug-likeness (QED) is 0.687. The largest absolute Gasteiger partial charge is 0.334 e. The molecule has 28 heavy (non-hydrogen) atoms. The summed E-state index contributed by atoms with van der Waals surface area (Å²) in [6.45, 7) is 8.54. The van der Waals surface area contributed by atoms with E-state index in [1.807, 2.05) is 4.90 Å². The highest BCUT2D eigenvalue weighted by atomic mass is 15.2. The topological polar surface area (TPSA) is 9.37 Å². The monoisotopic (exact) mass is 373 g/mol. The molecular formula is C26H33N2+.